The maximum absolute atomic E-state index is 5.69. The van der Waals surface area contributed by atoms with E-state index >= 15 is 0 Å². The van der Waals surface area contributed by atoms with Crippen molar-refractivity contribution in [3.8, 4) is 0 Å². The molecule has 1 atom stereocenters. The van der Waals surface area contributed by atoms with E-state index in [4.69, 9.17) is 38.2 Å². The van der Waals surface area contributed by atoms with Gasteiger partial charge < -0.3 is 4.52 Å². The molecular formula is C2H4Cl3NOP2. The van der Waals surface area contributed by atoms with E-state index in [1.807, 2.05) is 0 Å². The smallest absolute Gasteiger partial charge is 0.212 e. The highest BCUT2D eigenvalue weighted by Gasteiger charge is 2.29. The number of rotatable bonds is 1. The summed E-state index contributed by atoms with van der Waals surface area (Å²) in [5.74, 6) is 0. The summed E-state index contributed by atoms with van der Waals surface area (Å²) in [7, 11) is -0.997. The average molecular weight is 226 g/mol. The second kappa shape index (κ2) is 3.88. The summed E-state index contributed by atoms with van der Waals surface area (Å²) in [5.41, 5.74) is 0. The molecule has 0 N–H and O–H groups in total. The lowest BCUT2D eigenvalue weighted by Crippen LogP contribution is -2.00. The van der Waals surface area contributed by atoms with E-state index < -0.39 is 14.4 Å². The van der Waals surface area contributed by atoms with Crippen molar-refractivity contribution in [3.05, 3.63) is 0 Å². The topological polar surface area (TPSA) is 12.5 Å². The second-order valence-electron chi connectivity index (χ2n) is 1.37. The Morgan fingerprint density at radius 1 is 1.56 bits per heavy atom. The van der Waals surface area contributed by atoms with E-state index in [2.05, 4.69) is 0 Å². The average Bonchev–Trinajstić information content (AvgIpc) is 2.13. The first-order chi connectivity index (χ1) is 4.22. The molecule has 7 heteroatoms. The molecule has 0 aromatic carbocycles. The molecule has 0 amide bonds. The molecule has 0 aliphatic carbocycles. The zero-order valence-electron chi connectivity index (χ0n) is 4.30. The van der Waals surface area contributed by atoms with Crippen LogP contribution in [0.3, 0.4) is 0 Å². The molecule has 0 radical (unpaired) electrons. The normalized spacial score (nSPS) is 30.0. The van der Waals surface area contributed by atoms with Gasteiger partial charge in [0.05, 0.1) is 6.61 Å². The van der Waals surface area contributed by atoms with Crippen molar-refractivity contribution in [2.24, 2.45) is 0 Å². The zero-order valence-corrected chi connectivity index (χ0v) is 8.35. The molecule has 1 fully saturated rings. The fourth-order valence-corrected chi connectivity index (χ4v) is 5.11. The summed E-state index contributed by atoms with van der Waals surface area (Å²) in [5, 5.41) is 0. The Morgan fingerprint density at radius 2 is 2.22 bits per heavy atom. The molecule has 2 nitrogen and oxygen atoms in total. The lowest BCUT2D eigenvalue weighted by molar-refractivity contribution is 0.402. The van der Waals surface area contributed by atoms with Crippen molar-refractivity contribution in [2.45, 2.75) is 0 Å². The van der Waals surface area contributed by atoms with Gasteiger partial charge in [0.25, 0.3) is 0 Å². The fourth-order valence-electron chi connectivity index (χ4n) is 0.472. The number of halogens is 3. The highest BCUT2D eigenvalue weighted by atomic mass is 35.9. The highest BCUT2D eigenvalue weighted by Crippen LogP contribution is 2.67. The molecule has 0 spiro atoms. The van der Waals surface area contributed by atoms with Gasteiger partial charge in [-0.2, -0.15) is 4.44 Å². The third-order valence-corrected chi connectivity index (χ3v) is 6.26. The third kappa shape index (κ3) is 2.31. The summed E-state index contributed by atoms with van der Waals surface area (Å²) in [4.78, 5) is 0. The van der Waals surface area contributed by atoms with Gasteiger partial charge in [-0.05, 0) is 11.2 Å². The Hall–Kier alpha value is 1.65. The molecular weight excluding hydrogens is 222 g/mol. The minimum atomic E-state index is -1.09. The number of nitrogens with zero attached hydrogens (tertiary/aromatic N) is 1. The van der Waals surface area contributed by atoms with Crippen LogP contribution >= 0.6 is 48.2 Å². The Labute approximate surface area is 70.5 Å². The van der Waals surface area contributed by atoms with E-state index in [1.54, 1.807) is 4.44 Å². The van der Waals surface area contributed by atoms with Crippen molar-refractivity contribution >= 4 is 48.2 Å². The van der Waals surface area contributed by atoms with Crippen molar-refractivity contribution in [1.29, 1.82) is 0 Å². The standard InChI is InChI=1S/C2H4Cl3NOP2/c3-8(4)6-1-2-7-9(6)5/h1-2H2. The van der Waals surface area contributed by atoms with Gasteiger partial charge in [0.15, 0.2) is 6.78 Å². The van der Waals surface area contributed by atoms with E-state index in [9.17, 15) is 0 Å². The molecule has 0 bridgehead atoms. The van der Waals surface area contributed by atoms with Crippen LogP contribution in [0, 0.1) is 0 Å². The predicted octanol–water partition coefficient (Wildman–Crippen LogP) is 3.49. The number of hydrogen-bond donors (Lipinski definition) is 0. The fraction of sp³-hybridized carbons (Fsp3) is 1.00. The van der Waals surface area contributed by atoms with Gasteiger partial charge in [-0.1, -0.05) is 22.5 Å². The van der Waals surface area contributed by atoms with E-state index in [1.165, 1.54) is 0 Å². The first-order valence-electron chi connectivity index (χ1n) is 2.19. The van der Waals surface area contributed by atoms with Gasteiger partial charge in [0.1, 0.15) is 0 Å². The van der Waals surface area contributed by atoms with Crippen LogP contribution in [0.2, 0.25) is 0 Å². The first kappa shape index (κ1) is 8.74. The predicted molar refractivity (Wildman–Crippen MR) is 44.1 cm³/mol. The maximum Gasteiger partial charge on any atom is 0.212 e. The largest absolute Gasteiger partial charge is 0.330 e. The van der Waals surface area contributed by atoms with Crippen LogP contribution in [-0.2, 0) is 4.52 Å². The Kier molecular flexibility index (Phi) is 3.76. The molecule has 0 saturated carbocycles. The molecule has 1 rings (SSSR count). The van der Waals surface area contributed by atoms with Crippen molar-refractivity contribution in [3.63, 3.8) is 0 Å². The molecule has 54 valence electrons. The van der Waals surface area contributed by atoms with Crippen LogP contribution in [0.5, 0.6) is 0 Å². The molecule has 1 aliphatic rings. The van der Waals surface area contributed by atoms with E-state index in [0.29, 0.717) is 6.61 Å². The minimum absolute atomic E-state index is 0.646. The Balaban J connectivity index is 2.40. The van der Waals surface area contributed by atoms with Crippen LogP contribution in [-0.4, -0.2) is 17.6 Å². The van der Waals surface area contributed by atoms with Crippen LogP contribution in [0.1, 0.15) is 0 Å². The molecule has 1 aliphatic heterocycles. The minimum Gasteiger partial charge on any atom is -0.330 e. The van der Waals surface area contributed by atoms with Crippen molar-refractivity contribution in [2.75, 3.05) is 13.2 Å². The molecule has 1 unspecified atom stereocenters. The summed E-state index contributed by atoms with van der Waals surface area (Å²) >= 11 is 16.9. The van der Waals surface area contributed by atoms with Gasteiger partial charge in [0, 0.05) is 6.54 Å². The number of hydrogen-bond acceptors (Lipinski definition) is 2. The molecule has 1 heterocycles. The summed E-state index contributed by atoms with van der Waals surface area (Å²) < 4.78 is 6.80. The zero-order chi connectivity index (χ0) is 6.85. The van der Waals surface area contributed by atoms with Gasteiger partial charge in [-0.25, -0.2) is 0 Å². The quantitative estimate of drug-likeness (QED) is 0.635. The molecule has 0 aromatic rings. The van der Waals surface area contributed by atoms with Crippen LogP contribution < -0.4 is 0 Å². The van der Waals surface area contributed by atoms with E-state index in [-0.39, 0.29) is 0 Å². The molecule has 0 aromatic heterocycles. The summed E-state index contributed by atoms with van der Waals surface area (Å²) in [6.07, 6.45) is 0. The van der Waals surface area contributed by atoms with Crippen LogP contribution in [0.15, 0.2) is 0 Å². The second-order valence-corrected chi connectivity index (χ2v) is 7.10. The van der Waals surface area contributed by atoms with Crippen molar-refractivity contribution < 1.29 is 4.52 Å². The Bertz CT molecular complexity index is 104. The maximum atomic E-state index is 5.69. The van der Waals surface area contributed by atoms with Gasteiger partial charge in [0.2, 0.25) is 7.65 Å². The van der Waals surface area contributed by atoms with Crippen LogP contribution in [0.25, 0.3) is 0 Å². The van der Waals surface area contributed by atoms with Crippen LogP contribution in [0.4, 0.5) is 0 Å². The monoisotopic (exact) mass is 225 g/mol. The van der Waals surface area contributed by atoms with Gasteiger partial charge in [-0.15, -0.1) is 0 Å². The Morgan fingerprint density at radius 3 is 2.44 bits per heavy atom. The first-order valence-corrected chi connectivity index (χ1v) is 7.42. The lowest BCUT2D eigenvalue weighted by Gasteiger charge is -2.15. The third-order valence-electron chi connectivity index (χ3n) is 0.845. The molecule has 1 saturated heterocycles. The molecule has 9 heavy (non-hydrogen) atoms. The van der Waals surface area contributed by atoms with Gasteiger partial charge in [-0.3, -0.25) is 0 Å². The summed E-state index contributed by atoms with van der Waals surface area (Å²) in [6, 6.07) is 0. The SMILES string of the molecule is ClP(Cl)N1CCOP1Cl. The van der Waals surface area contributed by atoms with Gasteiger partial charge >= 0.3 is 0 Å². The van der Waals surface area contributed by atoms with E-state index in [0.717, 1.165) is 6.54 Å². The summed E-state index contributed by atoms with van der Waals surface area (Å²) in [6.45, 7) is 0.313. The lowest BCUT2D eigenvalue weighted by atomic mass is 10.8. The highest BCUT2D eigenvalue weighted by molar-refractivity contribution is 8.07. The van der Waals surface area contributed by atoms with Crippen molar-refractivity contribution in [1.82, 2.24) is 4.44 Å².